The minimum Gasteiger partial charge on any atom is -0.306 e. The van der Waals surface area contributed by atoms with Crippen molar-refractivity contribution in [1.82, 2.24) is 5.32 Å². The van der Waals surface area contributed by atoms with Crippen molar-refractivity contribution in [2.45, 2.75) is 0 Å². The summed E-state index contributed by atoms with van der Waals surface area (Å²) in [5.41, 5.74) is 0. The largest absolute Gasteiger partial charge is 0.306 e. The fourth-order valence-corrected chi connectivity index (χ4v) is 0.379. The van der Waals surface area contributed by atoms with Gasteiger partial charge in [0.15, 0.2) is 10.6 Å². The Kier molecular flexibility index (Phi) is 3.56. The van der Waals surface area contributed by atoms with Gasteiger partial charge in [0.05, 0.1) is 0 Å². The van der Waals surface area contributed by atoms with Crippen molar-refractivity contribution in [1.29, 1.82) is 5.41 Å². The van der Waals surface area contributed by atoms with Crippen LogP contribution in [0.15, 0.2) is 4.99 Å². The molecule has 0 aromatic carbocycles. The van der Waals surface area contributed by atoms with Crippen molar-refractivity contribution >= 4 is 33.8 Å². The zero-order chi connectivity index (χ0) is 6.57. The molecule has 0 unspecified atom stereocenters. The standard InChI is InChI=1S/C3H5Cl2N3/c1-7-3(5)8-2(4)6/h1H3,(H2,6,7,8). The molecule has 0 aromatic rings. The number of halogens is 2. The lowest BCUT2D eigenvalue weighted by Gasteiger charge is -1.93. The van der Waals surface area contributed by atoms with Gasteiger partial charge in [0.2, 0.25) is 0 Å². The normalized spacial score (nSPS) is 11.1. The lowest BCUT2D eigenvalue weighted by Crippen LogP contribution is -2.20. The Labute approximate surface area is 57.2 Å². The van der Waals surface area contributed by atoms with E-state index in [0.29, 0.717) is 0 Å². The predicted molar refractivity (Wildman–Crippen MR) is 35.9 cm³/mol. The van der Waals surface area contributed by atoms with Crippen molar-refractivity contribution in [3.05, 3.63) is 0 Å². The average molecular weight is 154 g/mol. The van der Waals surface area contributed by atoms with Crippen molar-refractivity contribution in [2.24, 2.45) is 4.99 Å². The Morgan fingerprint density at radius 1 is 1.62 bits per heavy atom. The minimum absolute atomic E-state index is 0.116. The van der Waals surface area contributed by atoms with Gasteiger partial charge in [-0.1, -0.05) is 0 Å². The van der Waals surface area contributed by atoms with Crippen LogP contribution in [0.3, 0.4) is 0 Å². The maximum absolute atomic E-state index is 6.62. The van der Waals surface area contributed by atoms with Crippen molar-refractivity contribution < 1.29 is 0 Å². The summed E-state index contributed by atoms with van der Waals surface area (Å²) in [6.45, 7) is 0. The average Bonchev–Trinajstić information content (AvgIpc) is 1.65. The molecule has 5 heteroatoms. The second kappa shape index (κ2) is 3.69. The van der Waals surface area contributed by atoms with Crippen LogP contribution in [0.4, 0.5) is 0 Å². The number of hydrogen-bond acceptors (Lipinski definition) is 2. The molecule has 46 valence electrons. The summed E-state index contributed by atoms with van der Waals surface area (Å²) in [6, 6.07) is 0. The third-order valence-electron chi connectivity index (χ3n) is 0.409. The number of aliphatic imine (C=N–C) groups is 1. The second-order valence-electron chi connectivity index (χ2n) is 0.953. The molecule has 0 aromatic heterocycles. The highest BCUT2D eigenvalue weighted by Crippen LogP contribution is 1.80. The van der Waals surface area contributed by atoms with E-state index in [2.05, 4.69) is 10.3 Å². The Morgan fingerprint density at radius 3 is 2.25 bits per heavy atom. The summed E-state index contributed by atoms with van der Waals surface area (Å²) in [5, 5.41) is 8.75. The summed E-state index contributed by atoms with van der Waals surface area (Å²) >= 11 is 10.3. The molecule has 0 spiro atoms. The summed E-state index contributed by atoms with van der Waals surface area (Å²) in [7, 11) is 1.50. The number of amidine groups is 2. The maximum Gasteiger partial charge on any atom is 0.197 e. The molecule has 0 saturated heterocycles. The van der Waals surface area contributed by atoms with Gasteiger partial charge in [-0.25, -0.2) is 0 Å². The van der Waals surface area contributed by atoms with E-state index >= 15 is 0 Å². The highest BCUT2D eigenvalue weighted by molar-refractivity contribution is 6.72. The monoisotopic (exact) mass is 153 g/mol. The van der Waals surface area contributed by atoms with Gasteiger partial charge in [0.1, 0.15) is 0 Å². The first-order valence-electron chi connectivity index (χ1n) is 1.80. The zero-order valence-electron chi connectivity index (χ0n) is 4.20. The van der Waals surface area contributed by atoms with Gasteiger partial charge in [0, 0.05) is 7.05 Å². The molecule has 0 atom stereocenters. The molecule has 8 heavy (non-hydrogen) atoms. The molecule has 0 radical (unpaired) electrons. The second-order valence-corrected chi connectivity index (χ2v) is 1.69. The highest BCUT2D eigenvalue weighted by Gasteiger charge is 1.90. The van der Waals surface area contributed by atoms with Gasteiger partial charge in [-0.05, 0) is 23.2 Å². The third-order valence-corrected chi connectivity index (χ3v) is 0.767. The number of rotatable bonds is 0. The van der Waals surface area contributed by atoms with Gasteiger partial charge in [-0.15, -0.1) is 0 Å². The molecular formula is C3H5Cl2N3. The van der Waals surface area contributed by atoms with E-state index in [1.807, 2.05) is 0 Å². The number of nitrogens with one attached hydrogen (secondary N) is 2. The van der Waals surface area contributed by atoms with Gasteiger partial charge in [-0.3, -0.25) is 10.4 Å². The first-order valence-corrected chi connectivity index (χ1v) is 2.55. The number of nitrogens with zero attached hydrogens (tertiary/aromatic N) is 1. The summed E-state index contributed by atoms with van der Waals surface area (Å²) in [6.07, 6.45) is 0. The summed E-state index contributed by atoms with van der Waals surface area (Å²) in [4.78, 5) is 3.47. The molecule has 0 aliphatic rings. The smallest absolute Gasteiger partial charge is 0.197 e. The molecule has 0 rings (SSSR count). The maximum atomic E-state index is 6.62. The van der Waals surface area contributed by atoms with E-state index < -0.39 is 0 Å². The number of hydrogen-bond donors (Lipinski definition) is 2. The van der Waals surface area contributed by atoms with Crippen LogP contribution in [-0.2, 0) is 0 Å². The quantitative estimate of drug-likeness (QED) is 0.305. The van der Waals surface area contributed by atoms with E-state index in [9.17, 15) is 0 Å². The van der Waals surface area contributed by atoms with Crippen molar-refractivity contribution in [3.63, 3.8) is 0 Å². The van der Waals surface area contributed by atoms with Gasteiger partial charge < -0.3 is 5.32 Å². The lowest BCUT2D eigenvalue weighted by atomic mass is 11.1. The van der Waals surface area contributed by atoms with E-state index in [-0.39, 0.29) is 10.6 Å². The van der Waals surface area contributed by atoms with Crippen molar-refractivity contribution in [2.75, 3.05) is 7.05 Å². The fourth-order valence-electron chi connectivity index (χ4n) is 0.146. The third kappa shape index (κ3) is 3.89. The molecule has 0 aliphatic heterocycles. The van der Waals surface area contributed by atoms with Crippen LogP contribution >= 0.6 is 23.2 Å². The molecule has 0 aliphatic carbocycles. The fraction of sp³-hybridized carbons (Fsp3) is 0.333. The first kappa shape index (κ1) is 7.72. The first-order chi connectivity index (χ1) is 3.66. The Bertz CT molecular complexity index is 120. The predicted octanol–water partition coefficient (Wildman–Crippen LogP) is 0.974. The van der Waals surface area contributed by atoms with E-state index in [1.165, 1.54) is 7.05 Å². The van der Waals surface area contributed by atoms with Gasteiger partial charge in [0.25, 0.3) is 0 Å². The zero-order valence-corrected chi connectivity index (χ0v) is 5.72. The topological polar surface area (TPSA) is 48.2 Å². The van der Waals surface area contributed by atoms with E-state index in [1.54, 1.807) is 0 Å². The Balaban J connectivity index is 3.56. The van der Waals surface area contributed by atoms with Crippen LogP contribution in [0, 0.1) is 5.41 Å². The molecule has 0 saturated carbocycles. The van der Waals surface area contributed by atoms with Crippen molar-refractivity contribution in [3.8, 4) is 0 Å². The van der Waals surface area contributed by atoms with Gasteiger partial charge in [-0.2, -0.15) is 0 Å². The van der Waals surface area contributed by atoms with Crippen LogP contribution in [0.25, 0.3) is 0 Å². The van der Waals surface area contributed by atoms with Crippen LogP contribution in [-0.4, -0.2) is 17.6 Å². The Hall–Kier alpha value is -0.280. The molecule has 0 amide bonds. The summed E-state index contributed by atoms with van der Waals surface area (Å²) in [5.74, 6) is 0. The molecule has 0 heterocycles. The van der Waals surface area contributed by atoms with Crippen LogP contribution in [0.1, 0.15) is 0 Å². The van der Waals surface area contributed by atoms with Crippen LogP contribution < -0.4 is 5.32 Å². The highest BCUT2D eigenvalue weighted by atomic mass is 35.5. The van der Waals surface area contributed by atoms with Crippen LogP contribution in [0.5, 0.6) is 0 Å². The lowest BCUT2D eigenvalue weighted by molar-refractivity contribution is 1.31. The van der Waals surface area contributed by atoms with Crippen LogP contribution in [0.2, 0.25) is 0 Å². The molecule has 0 fully saturated rings. The van der Waals surface area contributed by atoms with E-state index in [0.717, 1.165) is 0 Å². The molecule has 0 bridgehead atoms. The molecular weight excluding hydrogens is 149 g/mol. The molecule has 3 nitrogen and oxygen atoms in total. The minimum atomic E-state index is -0.236. The Morgan fingerprint density at radius 2 is 2.12 bits per heavy atom. The SMILES string of the molecule is CN=C(Cl)NC(=N)Cl. The van der Waals surface area contributed by atoms with Gasteiger partial charge >= 0.3 is 0 Å². The molecule has 2 N–H and O–H groups in total. The van der Waals surface area contributed by atoms with E-state index in [4.69, 9.17) is 28.6 Å². The summed E-state index contributed by atoms with van der Waals surface area (Å²) < 4.78 is 0.